The van der Waals surface area contributed by atoms with E-state index in [0.717, 1.165) is 48.2 Å². The molecule has 30 heavy (non-hydrogen) atoms. The fourth-order valence-electron chi connectivity index (χ4n) is 5.18. The molecule has 0 bridgehead atoms. The zero-order chi connectivity index (χ0) is 20.2. The summed E-state index contributed by atoms with van der Waals surface area (Å²) in [6.45, 7) is 1.52. The lowest BCUT2D eigenvalue weighted by atomic mass is 10.1. The smallest absolute Gasteiger partial charge is 0.300 e. The Balaban J connectivity index is 1.66. The summed E-state index contributed by atoms with van der Waals surface area (Å²) in [5.41, 5.74) is 4.19. The summed E-state index contributed by atoms with van der Waals surface area (Å²) < 4.78 is 4.36. The van der Waals surface area contributed by atoms with Crippen LogP contribution in [-0.4, -0.2) is 37.8 Å². The first kappa shape index (κ1) is 17.6. The molecule has 3 aromatic heterocycles. The number of Topliss-reactive ketones (excluding diaryl/α,β-unsaturated/α-hetero) is 1. The van der Waals surface area contributed by atoms with E-state index in [0.29, 0.717) is 36.0 Å². The number of hydrogen-bond acceptors (Lipinski definition) is 5. The number of anilines is 1. The van der Waals surface area contributed by atoms with Crippen LogP contribution in [0.25, 0.3) is 27.8 Å². The number of hydrogen-bond donors (Lipinski definition) is 0. The summed E-state index contributed by atoms with van der Waals surface area (Å²) in [5, 5.41) is 0. The van der Waals surface area contributed by atoms with Crippen LogP contribution in [0.3, 0.4) is 0 Å². The largest absolute Gasteiger partial charge is 0.371 e. The molecule has 1 saturated carbocycles. The lowest BCUT2D eigenvalue weighted by Crippen LogP contribution is -2.33. The second-order valence-electron chi connectivity index (χ2n) is 8.43. The third-order valence-electron chi connectivity index (χ3n) is 6.68. The average molecular weight is 401 g/mol. The number of aromatic nitrogens is 4. The number of pyridine rings is 1. The van der Waals surface area contributed by atoms with Crippen molar-refractivity contribution in [3.63, 3.8) is 0 Å². The van der Waals surface area contributed by atoms with Gasteiger partial charge >= 0.3 is 5.56 Å². The molecule has 7 heteroatoms. The molecule has 0 N–H and O–H groups in total. The van der Waals surface area contributed by atoms with Crippen LogP contribution in [0.4, 0.5) is 5.69 Å². The Labute approximate surface area is 173 Å². The van der Waals surface area contributed by atoms with Crippen LogP contribution in [-0.2, 0) is 4.79 Å². The van der Waals surface area contributed by atoms with Crippen LogP contribution >= 0.6 is 0 Å². The first-order chi connectivity index (χ1) is 14.7. The average Bonchev–Trinajstić information content (AvgIpc) is 3.39. The minimum absolute atomic E-state index is 0.276. The van der Waals surface area contributed by atoms with E-state index >= 15 is 0 Å². The summed E-state index contributed by atoms with van der Waals surface area (Å²) in [6, 6.07) is 10.6. The van der Waals surface area contributed by atoms with Gasteiger partial charge in [-0.05, 0) is 43.2 Å². The fraction of sp³-hybridized carbons (Fsp3) is 0.391. The highest BCUT2D eigenvalue weighted by atomic mass is 16.1. The van der Waals surface area contributed by atoms with Gasteiger partial charge in [0.15, 0.2) is 5.52 Å². The van der Waals surface area contributed by atoms with Gasteiger partial charge < -0.3 is 9.47 Å². The molecule has 2 fully saturated rings. The third-order valence-corrected chi connectivity index (χ3v) is 6.68. The maximum atomic E-state index is 12.7. The van der Waals surface area contributed by atoms with Gasteiger partial charge in [-0.15, -0.1) is 0 Å². The van der Waals surface area contributed by atoms with E-state index in [4.69, 9.17) is 0 Å². The molecule has 4 heterocycles. The van der Waals surface area contributed by atoms with Gasteiger partial charge in [0.05, 0.1) is 16.6 Å². The van der Waals surface area contributed by atoms with Gasteiger partial charge in [0.2, 0.25) is 5.78 Å². The van der Waals surface area contributed by atoms with Gasteiger partial charge in [-0.2, -0.15) is 4.98 Å². The Morgan fingerprint density at radius 2 is 1.73 bits per heavy atom. The number of imidazole rings is 1. The quantitative estimate of drug-likeness (QED) is 0.514. The van der Waals surface area contributed by atoms with Crippen molar-refractivity contribution in [2.45, 2.75) is 44.6 Å². The van der Waals surface area contributed by atoms with E-state index in [1.165, 1.54) is 12.8 Å². The van der Waals surface area contributed by atoms with E-state index in [1.807, 2.05) is 12.1 Å². The molecule has 2 aliphatic rings. The predicted molar refractivity (Wildman–Crippen MR) is 116 cm³/mol. The molecule has 0 amide bonds. The van der Waals surface area contributed by atoms with Crippen LogP contribution in [0.2, 0.25) is 0 Å². The topological polar surface area (TPSA) is 72.5 Å². The molecular formula is C23H23N5O2. The highest BCUT2D eigenvalue weighted by Gasteiger charge is 2.25. The second-order valence-corrected chi connectivity index (χ2v) is 8.43. The van der Waals surface area contributed by atoms with Gasteiger partial charge in [0.1, 0.15) is 5.78 Å². The van der Waals surface area contributed by atoms with Crippen molar-refractivity contribution in [1.82, 2.24) is 18.9 Å². The van der Waals surface area contributed by atoms with E-state index in [-0.39, 0.29) is 5.56 Å². The molecular weight excluding hydrogens is 378 g/mol. The SMILES string of the molecule is O=C1CCN(c2ccc3c(c2)n(C2CCCC2)c2nc(=O)c4ncccc4n32)CC1. The first-order valence-electron chi connectivity index (χ1n) is 10.8. The maximum Gasteiger partial charge on any atom is 0.300 e. The fourth-order valence-corrected chi connectivity index (χ4v) is 5.18. The van der Waals surface area contributed by atoms with E-state index in [1.54, 1.807) is 6.20 Å². The van der Waals surface area contributed by atoms with Gasteiger partial charge in [-0.25, -0.2) is 4.98 Å². The van der Waals surface area contributed by atoms with Crippen LogP contribution in [0, 0.1) is 0 Å². The Bertz CT molecular complexity index is 1350. The molecule has 152 valence electrons. The van der Waals surface area contributed by atoms with Crippen molar-refractivity contribution >= 4 is 39.3 Å². The zero-order valence-corrected chi connectivity index (χ0v) is 16.8. The molecule has 1 saturated heterocycles. The van der Waals surface area contributed by atoms with E-state index in [2.05, 4.69) is 42.0 Å². The van der Waals surface area contributed by atoms with Gasteiger partial charge in [0.25, 0.3) is 0 Å². The molecule has 7 nitrogen and oxygen atoms in total. The number of carbonyl (C=O) groups is 1. The van der Waals surface area contributed by atoms with E-state index in [9.17, 15) is 9.59 Å². The molecule has 0 radical (unpaired) electrons. The summed E-state index contributed by atoms with van der Waals surface area (Å²) >= 11 is 0. The lowest BCUT2D eigenvalue weighted by molar-refractivity contribution is -0.119. The number of piperidine rings is 1. The third kappa shape index (κ3) is 2.57. The number of fused-ring (bicyclic) bond motifs is 5. The van der Waals surface area contributed by atoms with Crippen LogP contribution in [0.15, 0.2) is 41.3 Å². The highest BCUT2D eigenvalue weighted by Crippen LogP contribution is 2.36. The van der Waals surface area contributed by atoms with Crippen LogP contribution in [0.5, 0.6) is 0 Å². The van der Waals surface area contributed by atoms with Gasteiger partial charge in [-0.1, -0.05) is 12.8 Å². The molecule has 0 atom stereocenters. The Morgan fingerprint density at radius 3 is 2.53 bits per heavy atom. The molecule has 1 aromatic carbocycles. The number of benzene rings is 1. The van der Waals surface area contributed by atoms with E-state index < -0.39 is 0 Å². The van der Waals surface area contributed by atoms with Crippen LogP contribution in [0.1, 0.15) is 44.6 Å². The Morgan fingerprint density at radius 1 is 0.933 bits per heavy atom. The number of carbonyl (C=O) groups excluding carboxylic acids is 1. The molecule has 0 unspecified atom stereocenters. The standard InChI is InChI=1S/C23H23N5O2/c29-17-9-12-26(13-10-17)16-7-8-18-20(14-16)27(15-4-1-2-5-15)23-25-22(30)21-19(28(18)23)6-3-11-24-21/h3,6-8,11,14-15H,1-2,4-5,9-10,12-13H2. The molecule has 1 aliphatic carbocycles. The van der Waals surface area contributed by atoms with Crippen molar-refractivity contribution in [2.75, 3.05) is 18.0 Å². The summed E-state index contributed by atoms with van der Waals surface area (Å²) in [6.07, 6.45) is 7.45. The van der Waals surface area contributed by atoms with Crippen molar-refractivity contribution in [3.05, 3.63) is 46.9 Å². The van der Waals surface area contributed by atoms with Crippen molar-refractivity contribution in [2.24, 2.45) is 0 Å². The van der Waals surface area contributed by atoms with Crippen molar-refractivity contribution in [1.29, 1.82) is 0 Å². The molecule has 0 spiro atoms. The van der Waals surface area contributed by atoms with Gasteiger partial charge in [-0.3, -0.25) is 14.0 Å². The zero-order valence-electron chi connectivity index (χ0n) is 16.8. The minimum Gasteiger partial charge on any atom is -0.371 e. The number of nitrogens with zero attached hydrogens (tertiary/aromatic N) is 5. The number of rotatable bonds is 2. The maximum absolute atomic E-state index is 12.7. The summed E-state index contributed by atoms with van der Waals surface area (Å²) in [4.78, 5) is 35.5. The van der Waals surface area contributed by atoms with Gasteiger partial charge in [0, 0.05) is 43.9 Å². The molecule has 6 rings (SSSR count). The molecule has 4 aromatic rings. The summed E-state index contributed by atoms with van der Waals surface area (Å²) in [7, 11) is 0. The van der Waals surface area contributed by atoms with Crippen molar-refractivity contribution < 1.29 is 4.79 Å². The normalized spacial score (nSPS) is 18.3. The monoisotopic (exact) mass is 401 g/mol. The second kappa shape index (κ2) is 6.65. The predicted octanol–water partition coefficient (Wildman–Crippen LogP) is 3.48. The lowest BCUT2D eigenvalue weighted by Gasteiger charge is -2.28. The first-order valence-corrected chi connectivity index (χ1v) is 10.8. The highest BCUT2D eigenvalue weighted by molar-refractivity contribution is 5.90. The van der Waals surface area contributed by atoms with Crippen molar-refractivity contribution in [3.8, 4) is 0 Å². The molecule has 1 aliphatic heterocycles. The Kier molecular flexibility index (Phi) is 3.91. The minimum atomic E-state index is -0.276. The summed E-state index contributed by atoms with van der Waals surface area (Å²) in [5.74, 6) is 1.04. The van der Waals surface area contributed by atoms with Crippen LogP contribution < -0.4 is 10.5 Å². The number of ketones is 1. The Hall–Kier alpha value is -3.22.